The van der Waals surface area contributed by atoms with Crippen LogP contribution in [0.2, 0.25) is 0 Å². The van der Waals surface area contributed by atoms with Gasteiger partial charge in [0, 0.05) is 98.4 Å². The summed E-state index contributed by atoms with van der Waals surface area (Å²) in [6, 6.07) is 11.8. The first-order valence-electron chi connectivity index (χ1n) is 29.4. The second-order valence-electron chi connectivity index (χ2n) is 21.8. The van der Waals surface area contributed by atoms with E-state index in [4.69, 9.17) is 0 Å². The molecule has 2 aliphatic rings. The summed E-state index contributed by atoms with van der Waals surface area (Å²) in [5.41, 5.74) is 2.79. The van der Waals surface area contributed by atoms with Gasteiger partial charge in [0.2, 0.25) is 29.5 Å². The van der Waals surface area contributed by atoms with Crippen molar-refractivity contribution in [2.45, 2.75) is 166 Å². The quantitative estimate of drug-likeness (QED) is 0.0220. The molecule has 0 unspecified atom stereocenters. The van der Waals surface area contributed by atoms with E-state index in [9.17, 15) is 47.1 Å². The Labute approximate surface area is 481 Å². The highest BCUT2D eigenvalue weighted by atomic mass is 19.1. The Balaban J connectivity index is 0.841. The maximum absolute atomic E-state index is 14.2. The number of hydrogen-bond acceptors (Lipinski definition) is 12. The second kappa shape index (κ2) is 33.1. The number of unbranched alkanes of at least 4 members (excludes halogenated alkanes) is 7. The minimum absolute atomic E-state index is 0.0258. The van der Waals surface area contributed by atoms with Gasteiger partial charge in [-0.05, 0) is 170 Å². The predicted molar refractivity (Wildman–Crippen MR) is 308 cm³/mol. The van der Waals surface area contributed by atoms with Crippen molar-refractivity contribution in [3.05, 3.63) is 130 Å². The number of pyridine rings is 2. The number of ketones is 3. The zero-order valence-electron chi connectivity index (χ0n) is 48.1. The van der Waals surface area contributed by atoms with Gasteiger partial charge in [0.05, 0.1) is 24.2 Å². The van der Waals surface area contributed by atoms with Gasteiger partial charge in [-0.1, -0.05) is 32.1 Å². The molecule has 0 bridgehead atoms. The minimum Gasteiger partial charge on any atom is -0.356 e. The fraction of sp³-hybridized carbons (Fsp3) is 0.524. The van der Waals surface area contributed by atoms with Crippen LogP contribution in [0.3, 0.4) is 0 Å². The van der Waals surface area contributed by atoms with Gasteiger partial charge >= 0.3 is 0 Å². The molecule has 82 heavy (non-hydrogen) atoms. The molecule has 2 saturated heterocycles. The van der Waals surface area contributed by atoms with E-state index in [1.54, 1.807) is 57.4 Å². The molecule has 4 aromatic rings. The van der Waals surface area contributed by atoms with Crippen molar-refractivity contribution in [3.8, 4) is 0 Å². The Bertz CT molecular complexity index is 2590. The molecule has 6 rings (SSSR count). The van der Waals surface area contributed by atoms with Crippen LogP contribution in [-0.4, -0.2) is 125 Å². The Morgan fingerprint density at radius 3 is 1.48 bits per heavy atom. The number of carbonyl (C=O) groups is 8. The third-order valence-corrected chi connectivity index (χ3v) is 15.9. The molecule has 19 heteroatoms. The molecule has 442 valence electrons. The first kappa shape index (κ1) is 64.1. The first-order chi connectivity index (χ1) is 39.6. The number of hydrogen-bond donors (Lipinski definition) is 5. The summed E-state index contributed by atoms with van der Waals surface area (Å²) in [6.07, 6.45) is 18.5. The number of halogens is 2. The van der Waals surface area contributed by atoms with Gasteiger partial charge in [-0.25, -0.2) is 8.78 Å². The van der Waals surface area contributed by atoms with Crippen molar-refractivity contribution >= 4 is 46.9 Å². The van der Waals surface area contributed by atoms with Gasteiger partial charge in [-0.15, -0.1) is 0 Å². The molecular formula is C63H83F2N9O8. The van der Waals surface area contributed by atoms with Crippen molar-refractivity contribution < 1.29 is 47.1 Å². The molecule has 4 heterocycles. The molecule has 2 fully saturated rings. The lowest BCUT2D eigenvalue weighted by molar-refractivity contribution is -0.139. The lowest BCUT2D eigenvalue weighted by Gasteiger charge is -2.30. The number of amides is 5. The molecule has 17 nitrogen and oxygen atoms in total. The average Bonchev–Trinajstić information content (AvgIpc) is 4.40. The highest BCUT2D eigenvalue weighted by molar-refractivity contribution is 6.09. The Kier molecular flexibility index (Phi) is 25.9. The largest absolute Gasteiger partial charge is 0.356 e. The number of likely N-dealkylation sites (N-methyl/N-ethyl adjacent to an activating group) is 2. The van der Waals surface area contributed by atoms with E-state index >= 15 is 0 Å². The predicted octanol–water partition coefficient (Wildman–Crippen LogP) is 8.21. The van der Waals surface area contributed by atoms with Crippen LogP contribution in [0.15, 0.2) is 85.5 Å². The van der Waals surface area contributed by atoms with Gasteiger partial charge < -0.3 is 36.4 Å². The summed E-state index contributed by atoms with van der Waals surface area (Å²) in [4.78, 5) is 119. The first-order valence-corrected chi connectivity index (χ1v) is 29.4. The van der Waals surface area contributed by atoms with Gasteiger partial charge in [-0.3, -0.25) is 48.3 Å². The molecule has 2 aliphatic heterocycles. The third-order valence-electron chi connectivity index (χ3n) is 15.9. The zero-order chi connectivity index (χ0) is 59.0. The summed E-state index contributed by atoms with van der Waals surface area (Å²) in [5.74, 6) is -2.75. The van der Waals surface area contributed by atoms with Gasteiger partial charge in [0.15, 0.2) is 11.6 Å². The summed E-state index contributed by atoms with van der Waals surface area (Å²) in [7, 11) is 3.38. The van der Waals surface area contributed by atoms with Crippen LogP contribution in [0.5, 0.6) is 0 Å². The maximum Gasteiger partial charge on any atom is 0.245 e. The molecule has 0 aliphatic carbocycles. The summed E-state index contributed by atoms with van der Waals surface area (Å²) < 4.78 is 27.0. The Morgan fingerprint density at radius 1 is 0.549 bits per heavy atom. The number of Topliss-reactive ketones (excluding diaryl/α,β-unsaturated/α-hetero) is 1. The molecule has 5 N–H and O–H groups in total. The van der Waals surface area contributed by atoms with Crippen molar-refractivity contribution in [1.29, 1.82) is 0 Å². The highest BCUT2D eigenvalue weighted by Crippen LogP contribution is 2.36. The lowest BCUT2D eigenvalue weighted by atomic mass is 9.91. The fourth-order valence-corrected chi connectivity index (χ4v) is 10.7. The normalized spacial score (nSPS) is 16.5. The van der Waals surface area contributed by atoms with Gasteiger partial charge in [0.1, 0.15) is 23.5 Å². The molecule has 2 aromatic carbocycles. The van der Waals surface area contributed by atoms with Crippen LogP contribution in [0.25, 0.3) is 0 Å². The highest BCUT2D eigenvalue weighted by Gasteiger charge is 2.37. The van der Waals surface area contributed by atoms with Crippen LogP contribution in [0.4, 0.5) is 8.78 Å². The number of nitrogens with one attached hydrogen (secondary N) is 5. The third kappa shape index (κ3) is 19.2. The molecule has 0 radical (unpaired) electrons. The standard InChI is InChI=1S/C63H83F2N9O8/c1-42(66-3)56(75)37-46(62(81)73-33-15-19-54(73)47-35-49(40-68-38-47)59(78)44-23-27-51(64)28-24-44)17-11-13-31-70-57(76)21-9-7-5-6-8-10-22-58(77)71-32-14-12-18-53(72-61(80)43(2)67-4)63(82)74-34-16-20-55(74)48-36-50(41-69-39-48)60(79)45-25-29-52(65)30-26-45/h23-30,35-36,38-43,46,53-55,66-67H,5-22,31-34,37H2,1-4H3,(H,70,76)(H,71,77)(H,72,80)/t42-,43-,46+,53-,54-,55-/m0/s1. The topological polar surface area (TPSA) is 229 Å². The van der Waals surface area contributed by atoms with Crippen molar-refractivity contribution in [2.24, 2.45) is 5.92 Å². The van der Waals surface area contributed by atoms with Crippen LogP contribution in [-0.2, 0) is 28.8 Å². The average molecular weight is 1130 g/mol. The van der Waals surface area contributed by atoms with E-state index < -0.39 is 35.7 Å². The maximum atomic E-state index is 14.2. The number of aromatic nitrogens is 2. The number of benzene rings is 2. The number of rotatable bonds is 34. The fourth-order valence-electron chi connectivity index (χ4n) is 10.7. The van der Waals surface area contributed by atoms with Crippen molar-refractivity contribution in [1.82, 2.24) is 46.4 Å². The van der Waals surface area contributed by atoms with Crippen LogP contribution in [0, 0.1) is 17.6 Å². The Morgan fingerprint density at radius 2 is 1.00 bits per heavy atom. The SMILES string of the molecule is CN[C@@H](C)C(=O)C[C@@H](CCCCNC(=O)CCCCCCCCC(=O)NCCCC[C@H](NC(=O)[C@H](C)NC)C(=O)N1CCC[C@H]1c1cncc(C(=O)c2ccc(F)cc2)c1)C(=O)N1CCC[C@H]1c1cncc(C(=O)c2ccc(F)cc2)c1. The number of likely N-dealkylation sites (tertiary alicyclic amines) is 2. The second-order valence-corrected chi connectivity index (χ2v) is 21.8. The molecular weight excluding hydrogens is 1050 g/mol. The van der Waals surface area contributed by atoms with E-state index in [-0.39, 0.29) is 65.4 Å². The molecule has 0 saturated carbocycles. The van der Waals surface area contributed by atoms with E-state index in [1.165, 1.54) is 60.9 Å². The molecule has 0 spiro atoms. The van der Waals surface area contributed by atoms with E-state index in [0.717, 1.165) is 56.9 Å². The smallest absolute Gasteiger partial charge is 0.245 e. The number of nitrogens with zero attached hydrogens (tertiary/aromatic N) is 4. The van der Waals surface area contributed by atoms with Crippen LogP contribution >= 0.6 is 0 Å². The summed E-state index contributed by atoms with van der Waals surface area (Å²) >= 11 is 0. The number of carbonyl (C=O) groups excluding carboxylic acids is 8. The Hall–Kier alpha value is -7.12. The van der Waals surface area contributed by atoms with E-state index in [0.29, 0.717) is 118 Å². The summed E-state index contributed by atoms with van der Waals surface area (Å²) in [6.45, 7) is 5.41. The molecule has 5 amide bonds. The minimum atomic E-state index is -0.790. The zero-order valence-corrected chi connectivity index (χ0v) is 48.1. The van der Waals surface area contributed by atoms with Crippen molar-refractivity contribution in [3.63, 3.8) is 0 Å². The van der Waals surface area contributed by atoms with E-state index in [2.05, 4.69) is 36.6 Å². The molecule has 6 atom stereocenters. The van der Waals surface area contributed by atoms with Crippen LogP contribution in [0.1, 0.15) is 191 Å². The summed E-state index contributed by atoms with van der Waals surface area (Å²) in [5, 5.41) is 14.8. The van der Waals surface area contributed by atoms with E-state index in [1.807, 2.05) is 4.90 Å². The van der Waals surface area contributed by atoms with Crippen molar-refractivity contribution in [2.75, 3.05) is 40.3 Å². The van der Waals surface area contributed by atoms with Gasteiger partial charge in [0.25, 0.3) is 0 Å². The van der Waals surface area contributed by atoms with Gasteiger partial charge in [-0.2, -0.15) is 0 Å². The lowest BCUT2D eigenvalue weighted by Crippen LogP contribution is -2.52. The molecule has 2 aromatic heterocycles. The van der Waals surface area contributed by atoms with Crippen LogP contribution < -0.4 is 26.6 Å². The monoisotopic (exact) mass is 1130 g/mol.